The van der Waals surface area contributed by atoms with Gasteiger partial charge in [-0.05, 0) is 60.2 Å². The molecule has 1 N–H and O–H groups in total. The zero-order valence-corrected chi connectivity index (χ0v) is 16.1. The third-order valence-corrected chi connectivity index (χ3v) is 5.70. The fourth-order valence-electron chi connectivity index (χ4n) is 4.18. The average Bonchev–Trinajstić information content (AvgIpc) is 2.74. The van der Waals surface area contributed by atoms with E-state index in [1.165, 1.54) is 12.1 Å². The monoisotopic (exact) mass is 414 g/mol. The summed E-state index contributed by atoms with van der Waals surface area (Å²) in [6, 6.07) is 12.6. The summed E-state index contributed by atoms with van der Waals surface area (Å²) in [5, 5.41) is 11.4. The van der Waals surface area contributed by atoms with Crippen molar-refractivity contribution < 1.29 is 23.1 Å². The summed E-state index contributed by atoms with van der Waals surface area (Å²) >= 11 is 0. The molecule has 0 radical (unpaired) electrons. The maximum atomic E-state index is 13.0. The van der Waals surface area contributed by atoms with Crippen LogP contribution < -0.4 is 0 Å². The van der Waals surface area contributed by atoms with E-state index in [0.29, 0.717) is 25.1 Å². The molecule has 1 fully saturated rings. The van der Waals surface area contributed by atoms with E-state index in [4.69, 9.17) is 0 Å². The van der Waals surface area contributed by atoms with Crippen LogP contribution in [0.5, 0.6) is 0 Å². The molecule has 0 amide bonds. The molecular weight excluding hydrogens is 393 g/mol. The Bertz CT molecular complexity index is 1050. The van der Waals surface area contributed by atoms with Crippen LogP contribution in [0.2, 0.25) is 0 Å². The van der Waals surface area contributed by atoms with Crippen molar-refractivity contribution >= 4 is 16.7 Å². The minimum Gasteiger partial charge on any atom is -0.481 e. The molecule has 3 aromatic rings. The van der Waals surface area contributed by atoms with Gasteiger partial charge in [0.2, 0.25) is 0 Å². The number of hydrogen-bond acceptors (Lipinski definition) is 3. The van der Waals surface area contributed by atoms with E-state index in [1.807, 2.05) is 24.3 Å². The second-order valence-corrected chi connectivity index (χ2v) is 7.68. The van der Waals surface area contributed by atoms with Crippen LogP contribution in [-0.4, -0.2) is 34.0 Å². The van der Waals surface area contributed by atoms with Crippen LogP contribution in [0.1, 0.15) is 35.6 Å². The first-order valence-corrected chi connectivity index (χ1v) is 9.80. The lowest BCUT2D eigenvalue weighted by Crippen LogP contribution is -2.41. The topological polar surface area (TPSA) is 53.4 Å². The van der Waals surface area contributed by atoms with Gasteiger partial charge < -0.3 is 5.11 Å². The van der Waals surface area contributed by atoms with Crippen LogP contribution >= 0.6 is 0 Å². The van der Waals surface area contributed by atoms with Crippen LogP contribution in [0, 0.1) is 5.92 Å². The fourth-order valence-corrected chi connectivity index (χ4v) is 4.18. The highest BCUT2D eigenvalue weighted by Crippen LogP contribution is 2.36. The molecule has 1 aliphatic rings. The quantitative estimate of drug-likeness (QED) is 0.642. The van der Waals surface area contributed by atoms with Crippen molar-refractivity contribution in [1.82, 2.24) is 9.88 Å². The second kappa shape index (κ2) is 8.07. The fraction of sp³-hybridized carbons (Fsp3) is 0.304. The third-order valence-electron chi connectivity index (χ3n) is 5.70. The normalized spacial score (nSPS) is 19.0. The lowest BCUT2D eigenvalue weighted by Gasteiger charge is -2.37. The number of likely N-dealkylation sites (tertiary alicyclic amines) is 1. The predicted molar refractivity (Wildman–Crippen MR) is 107 cm³/mol. The van der Waals surface area contributed by atoms with Gasteiger partial charge in [0.05, 0.1) is 17.5 Å². The molecule has 156 valence electrons. The average molecular weight is 414 g/mol. The number of alkyl halides is 3. The molecule has 7 heteroatoms. The number of aromatic nitrogens is 1. The smallest absolute Gasteiger partial charge is 0.416 e. The number of carboxylic acids is 1. The van der Waals surface area contributed by atoms with Gasteiger partial charge >= 0.3 is 12.1 Å². The molecule has 1 saturated heterocycles. The molecular formula is C23H21F3N2O2. The Hall–Kier alpha value is -2.93. The minimum absolute atomic E-state index is 0.327. The third kappa shape index (κ3) is 4.16. The first kappa shape index (κ1) is 20.3. The molecule has 2 aromatic carbocycles. The molecule has 30 heavy (non-hydrogen) atoms. The van der Waals surface area contributed by atoms with Gasteiger partial charge in [0.25, 0.3) is 0 Å². The summed E-state index contributed by atoms with van der Waals surface area (Å²) in [5.74, 6) is -1.32. The number of nitrogens with zero attached hydrogens (tertiary/aromatic N) is 2. The van der Waals surface area contributed by atoms with Crippen molar-refractivity contribution in [2.24, 2.45) is 5.92 Å². The maximum absolute atomic E-state index is 13.0. The molecule has 2 atom stereocenters. The van der Waals surface area contributed by atoms with Crippen LogP contribution in [-0.2, 0) is 11.0 Å². The number of hydrogen-bond donors (Lipinski definition) is 1. The number of piperidine rings is 1. The summed E-state index contributed by atoms with van der Waals surface area (Å²) in [5.41, 5.74) is 0.929. The van der Waals surface area contributed by atoms with Crippen LogP contribution in [0.15, 0.2) is 60.9 Å². The van der Waals surface area contributed by atoms with Gasteiger partial charge in [-0.25, -0.2) is 0 Å². The van der Waals surface area contributed by atoms with E-state index in [-0.39, 0.29) is 6.04 Å². The summed E-state index contributed by atoms with van der Waals surface area (Å²) < 4.78 is 39.1. The van der Waals surface area contributed by atoms with Gasteiger partial charge in [-0.3, -0.25) is 14.7 Å². The number of halogens is 3. The lowest BCUT2D eigenvalue weighted by atomic mass is 9.90. The molecule has 2 heterocycles. The highest BCUT2D eigenvalue weighted by atomic mass is 19.4. The molecule has 4 rings (SSSR count). The molecule has 1 aliphatic heterocycles. The van der Waals surface area contributed by atoms with E-state index in [2.05, 4.69) is 9.88 Å². The highest BCUT2D eigenvalue weighted by Gasteiger charge is 2.33. The molecule has 0 saturated carbocycles. The van der Waals surface area contributed by atoms with Crippen molar-refractivity contribution in [3.05, 3.63) is 77.6 Å². The number of aliphatic carboxylic acids is 1. The molecule has 0 aliphatic carbocycles. The summed E-state index contributed by atoms with van der Waals surface area (Å²) in [6.45, 7) is 1.04. The number of rotatable bonds is 4. The van der Waals surface area contributed by atoms with E-state index >= 15 is 0 Å². The minimum atomic E-state index is -4.40. The van der Waals surface area contributed by atoms with E-state index < -0.39 is 23.6 Å². The molecule has 0 spiro atoms. The highest BCUT2D eigenvalue weighted by molar-refractivity contribution is 5.82. The Morgan fingerprint density at radius 2 is 1.80 bits per heavy atom. The van der Waals surface area contributed by atoms with Gasteiger partial charge in [-0.2, -0.15) is 13.2 Å². The van der Waals surface area contributed by atoms with Crippen LogP contribution in [0.25, 0.3) is 10.8 Å². The van der Waals surface area contributed by atoms with Crippen molar-refractivity contribution in [3.63, 3.8) is 0 Å². The summed E-state index contributed by atoms with van der Waals surface area (Å²) in [7, 11) is 0. The molecule has 1 aromatic heterocycles. The zero-order valence-electron chi connectivity index (χ0n) is 16.1. The van der Waals surface area contributed by atoms with Gasteiger partial charge in [0.1, 0.15) is 0 Å². The SMILES string of the molecule is O=C(O)C1CCCN(C(c2ccc(C(F)(F)F)cc2)c2ccc3cnccc3c2)C1. The standard InChI is InChI=1S/C23H21F3N2O2/c24-23(25,26)20-7-5-15(6-8-20)21(28-11-1-2-19(14-28)22(29)30)17-3-4-18-13-27-10-9-16(18)12-17/h3-10,12-13,19,21H,1-2,11,14H2,(H,29,30). The summed E-state index contributed by atoms with van der Waals surface area (Å²) in [4.78, 5) is 17.7. The van der Waals surface area contributed by atoms with E-state index in [1.54, 1.807) is 12.4 Å². The molecule has 0 bridgehead atoms. The van der Waals surface area contributed by atoms with Crippen molar-refractivity contribution in [2.75, 3.05) is 13.1 Å². The Kier molecular flexibility index (Phi) is 5.47. The Labute approximate surface area is 172 Å². The first-order chi connectivity index (χ1) is 14.3. The Morgan fingerprint density at radius 1 is 1.07 bits per heavy atom. The number of benzene rings is 2. The zero-order chi connectivity index (χ0) is 21.3. The van der Waals surface area contributed by atoms with Gasteiger partial charge in [-0.1, -0.05) is 24.3 Å². The van der Waals surface area contributed by atoms with Crippen LogP contribution in [0.4, 0.5) is 13.2 Å². The van der Waals surface area contributed by atoms with Gasteiger partial charge in [0, 0.05) is 24.3 Å². The summed E-state index contributed by atoms with van der Waals surface area (Å²) in [6.07, 6.45) is 0.387. The second-order valence-electron chi connectivity index (χ2n) is 7.68. The largest absolute Gasteiger partial charge is 0.481 e. The number of carboxylic acid groups (broad SMARTS) is 1. The van der Waals surface area contributed by atoms with Crippen LogP contribution in [0.3, 0.4) is 0 Å². The Balaban J connectivity index is 1.76. The number of carbonyl (C=O) groups is 1. The predicted octanol–water partition coefficient (Wildman–Crippen LogP) is 5.14. The maximum Gasteiger partial charge on any atom is 0.416 e. The number of fused-ring (bicyclic) bond motifs is 1. The van der Waals surface area contributed by atoms with Crippen molar-refractivity contribution in [1.29, 1.82) is 0 Å². The van der Waals surface area contributed by atoms with E-state index in [9.17, 15) is 23.1 Å². The van der Waals surface area contributed by atoms with E-state index in [0.717, 1.165) is 34.9 Å². The first-order valence-electron chi connectivity index (χ1n) is 9.80. The number of pyridine rings is 1. The molecule has 2 unspecified atom stereocenters. The van der Waals surface area contributed by atoms with Gasteiger partial charge in [0.15, 0.2) is 0 Å². The molecule has 4 nitrogen and oxygen atoms in total. The van der Waals surface area contributed by atoms with Crippen molar-refractivity contribution in [2.45, 2.75) is 25.1 Å². The Morgan fingerprint density at radius 3 is 2.50 bits per heavy atom. The van der Waals surface area contributed by atoms with Crippen molar-refractivity contribution in [3.8, 4) is 0 Å². The van der Waals surface area contributed by atoms with Gasteiger partial charge in [-0.15, -0.1) is 0 Å². The lowest BCUT2D eigenvalue weighted by molar-refractivity contribution is -0.144.